The second kappa shape index (κ2) is 5.52. The number of nitrogens with zero attached hydrogens (tertiary/aromatic N) is 3. The quantitative estimate of drug-likeness (QED) is 0.629. The summed E-state index contributed by atoms with van der Waals surface area (Å²) in [6.07, 6.45) is 1.76. The van der Waals surface area contributed by atoms with Crippen LogP contribution in [0.3, 0.4) is 0 Å². The van der Waals surface area contributed by atoms with Crippen molar-refractivity contribution in [3.05, 3.63) is 27.9 Å². The Morgan fingerprint density at radius 1 is 1.55 bits per heavy atom. The molecule has 0 aromatic carbocycles. The Labute approximate surface area is 114 Å². The number of nitriles is 1. The lowest BCUT2D eigenvalue weighted by atomic mass is 10.1. The molecule has 2 rings (SSSR count). The van der Waals surface area contributed by atoms with Crippen molar-refractivity contribution in [3.8, 4) is 6.07 Å². The molecule has 1 aromatic heterocycles. The zero-order chi connectivity index (χ0) is 14.7. The first-order valence-corrected chi connectivity index (χ1v) is 6.06. The molecule has 1 aromatic rings. The molecule has 1 heterocycles. The first-order chi connectivity index (χ1) is 9.51. The van der Waals surface area contributed by atoms with Gasteiger partial charge in [-0.1, -0.05) is 0 Å². The van der Waals surface area contributed by atoms with E-state index in [0.29, 0.717) is 25.1 Å². The van der Waals surface area contributed by atoms with Gasteiger partial charge in [0.05, 0.1) is 10.8 Å². The largest absolute Gasteiger partial charge is 0.481 e. The third-order valence-corrected chi connectivity index (χ3v) is 3.31. The normalized spacial score (nSPS) is 21.1. The molecule has 0 radical (unpaired) electrons. The second-order valence-electron chi connectivity index (χ2n) is 4.62. The molecule has 1 aliphatic rings. The smallest absolute Gasteiger partial charge is 0.306 e. The van der Waals surface area contributed by atoms with Crippen molar-refractivity contribution in [1.29, 1.82) is 5.26 Å². The number of pyridine rings is 1. The topological polar surface area (TPSA) is 129 Å². The number of anilines is 1. The number of aromatic nitrogens is 1. The van der Waals surface area contributed by atoms with Crippen LogP contribution in [0.15, 0.2) is 12.1 Å². The molecule has 1 saturated carbocycles. The van der Waals surface area contributed by atoms with Gasteiger partial charge in [-0.25, -0.2) is 4.98 Å². The monoisotopic (exact) mass is 276 g/mol. The maximum absolute atomic E-state index is 10.9. The van der Waals surface area contributed by atoms with Crippen molar-refractivity contribution < 1.29 is 14.8 Å². The molecular formula is C12H12N4O4. The fourth-order valence-electron chi connectivity index (χ4n) is 2.31. The van der Waals surface area contributed by atoms with E-state index in [0.717, 1.165) is 0 Å². The van der Waals surface area contributed by atoms with Crippen LogP contribution in [-0.4, -0.2) is 27.0 Å². The number of hydrogen-bond donors (Lipinski definition) is 2. The molecule has 0 amide bonds. The van der Waals surface area contributed by atoms with Crippen molar-refractivity contribution in [3.63, 3.8) is 0 Å². The lowest BCUT2D eigenvalue weighted by Crippen LogP contribution is -2.18. The molecule has 8 heteroatoms. The molecule has 2 unspecified atom stereocenters. The van der Waals surface area contributed by atoms with Gasteiger partial charge in [0, 0.05) is 12.1 Å². The molecule has 1 aliphatic carbocycles. The van der Waals surface area contributed by atoms with Gasteiger partial charge in [0.1, 0.15) is 11.9 Å². The molecule has 0 bridgehead atoms. The molecule has 104 valence electrons. The molecule has 2 atom stereocenters. The zero-order valence-corrected chi connectivity index (χ0v) is 10.4. The van der Waals surface area contributed by atoms with E-state index in [9.17, 15) is 14.9 Å². The third kappa shape index (κ3) is 2.83. The van der Waals surface area contributed by atoms with Crippen LogP contribution < -0.4 is 5.32 Å². The van der Waals surface area contributed by atoms with E-state index in [1.54, 1.807) is 6.07 Å². The minimum Gasteiger partial charge on any atom is -0.481 e. The summed E-state index contributed by atoms with van der Waals surface area (Å²) in [6.45, 7) is 0. The Bertz CT molecular complexity index is 596. The van der Waals surface area contributed by atoms with Crippen LogP contribution in [0.25, 0.3) is 0 Å². The Hall–Kier alpha value is -2.69. The minimum atomic E-state index is -0.816. The summed E-state index contributed by atoms with van der Waals surface area (Å²) < 4.78 is 0. The van der Waals surface area contributed by atoms with Gasteiger partial charge in [-0.15, -0.1) is 0 Å². The molecule has 2 N–H and O–H groups in total. The summed E-state index contributed by atoms with van der Waals surface area (Å²) >= 11 is 0. The van der Waals surface area contributed by atoms with Crippen molar-refractivity contribution in [1.82, 2.24) is 4.98 Å². The highest BCUT2D eigenvalue weighted by Crippen LogP contribution is 2.28. The first kappa shape index (κ1) is 13.7. The van der Waals surface area contributed by atoms with E-state index in [2.05, 4.69) is 10.3 Å². The molecule has 0 saturated heterocycles. The zero-order valence-electron chi connectivity index (χ0n) is 10.4. The summed E-state index contributed by atoms with van der Waals surface area (Å²) in [6, 6.07) is 4.28. The Morgan fingerprint density at radius 2 is 2.30 bits per heavy atom. The first-order valence-electron chi connectivity index (χ1n) is 6.06. The van der Waals surface area contributed by atoms with Crippen molar-refractivity contribution in [2.24, 2.45) is 5.92 Å². The van der Waals surface area contributed by atoms with Crippen LogP contribution in [-0.2, 0) is 4.79 Å². The highest BCUT2D eigenvalue weighted by molar-refractivity contribution is 5.70. The van der Waals surface area contributed by atoms with Crippen LogP contribution in [0.4, 0.5) is 11.5 Å². The molecule has 0 spiro atoms. The molecular weight excluding hydrogens is 264 g/mol. The highest BCUT2D eigenvalue weighted by atomic mass is 16.6. The van der Waals surface area contributed by atoms with Crippen molar-refractivity contribution in [2.45, 2.75) is 25.3 Å². The maximum atomic E-state index is 10.9. The fraction of sp³-hybridized carbons (Fsp3) is 0.417. The Balaban J connectivity index is 2.10. The Morgan fingerprint density at radius 3 is 2.85 bits per heavy atom. The molecule has 1 fully saturated rings. The van der Waals surface area contributed by atoms with Gasteiger partial charge in [0.25, 0.3) is 0 Å². The lowest BCUT2D eigenvalue weighted by molar-refractivity contribution is -0.385. The summed E-state index contributed by atoms with van der Waals surface area (Å²) in [5.74, 6) is -0.840. The van der Waals surface area contributed by atoms with Gasteiger partial charge in [-0.2, -0.15) is 5.26 Å². The predicted molar refractivity (Wildman–Crippen MR) is 68.0 cm³/mol. The number of carboxylic acids is 1. The van der Waals surface area contributed by atoms with E-state index >= 15 is 0 Å². The van der Waals surface area contributed by atoms with Crippen LogP contribution in [0, 0.1) is 27.4 Å². The number of carbonyl (C=O) groups is 1. The lowest BCUT2D eigenvalue weighted by Gasteiger charge is -2.12. The molecule has 8 nitrogen and oxygen atoms in total. The highest BCUT2D eigenvalue weighted by Gasteiger charge is 2.30. The third-order valence-electron chi connectivity index (χ3n) is 3.31. The fourth-order valence-corrected chi connectivity index (χ4v) is 2.31. The SMILES string of the molecule is N#Cc1nc(NC2CCC(C(=O)O)C2)ccc1[N+](=O)[O-]. The average molecular weight is 276 g/mol. The average Bonchev–Trinajstić information content (AvgIpc) is 2.87. The number of nitrogens with one attached hydrogen (secondary N) is 1. The van der Waals surface area contributed by atoms with E-state index in [-0.39, 0.29) is 23.3 Å². The number of carboxylic acid groups (broad SMARTS) is 1. The number of rotatable bonds is 4. The van der Waals surface area contributed by atoms with E-state index in [1.807, 2.05) is 0 Å². The van der Waals surface area contributed by atoms with E-state index < -0.39 is 10.9 Å². The summed E-state index contributed by atoms with van der Waals surface area (Å²) in [4.78, 5) is 24.8. The number of aliphatic carboxylic acids is 1. The predicted octanol–water partition coefficient (Wildman–Crippen LogP) is 1.53. The van der Waals surface area contributed by atoms with Gasteiger partial charge in [0.15, 0.2) is 0 Å². The number of hydrogen-bond acceptors (Lipinski definition) is 6. The van der Waals surface area contributed by atoms with Crippen LogP contribution >= 0.6 is 0 Å². The van der Waals surface area contributed by atoms with E-state index in [4.69, 9.17) is 10.4 Å². The van der Waals surface area contributed by atoms with Gasteiger partial charge in [-0.3, -0.25) is 14.9 Å². The standard InChI is InChI=1S/C12H12N4O4/c13-6-9-10(16(19)20)3-4-11(15-9)14-8-2-1-7(5-8)12(17)18/h3-4,7-8H,1-2,5H2,(H,14,15)(H,17,18). The van der Waals surface area contributed by atoms with Gasteiger partial charge < -0.3 is 10.4 Å². The second-order valence-corrected chi connectivity index (χ2v) is 4.62. The van der Waals surface area contributed by atoms with Gasteiger partial charge in [-0.05, 0) is 25.3 Å². The summed E-state index contributed by atoms with van der Waals surface area (Å²) in [5, 5.41) is 31.5. The van der Waals surface area contributed by atoms with Crippen molar-refractivity contribution >= 4 is 17.5 Å². The summed E-state index contributed by atoms with van der Waals surface area (Å²) in [7, 11) is 0. The summed E-state index contributed by atoms with van der Waals surface area (Å²) in [5.41, 5.74) is -0.597. The molecule has 0 aliphatic heterocycles. The van der Waals surface area contributed by atoms with E-state index in [1.165, 1.54) is 12.1 Å². The minimum absolute atomic E-state index is 0.0448. The van der Waals surface area contributed by atoms with Gasteiger partial charge in [0.2, 0.25) is 5.69 Å². The Kier molecular flexibility index (Phi) is 3.79. The maximum Gasteiger partial charge on any atom is 0.306 e. The van der Waals surface area contributed by atoms with Gasteiger partial charge >= 0.3 is 11.7 Å². The molecule has 20 heavy (non-hydrogen) atoms. The van der Waals surface area contributed by atoms with Crippen LogP contribution in [0.5, 0.6) is 0 Å². The number of nitro groups is 1. The van der Waals surface area contributed by atoms with Crippen molar-refractivity contribution in [2.75, 3.05) is 5.32 Å². The van der Waals surface area contributed by atoms with Crippen LogP contribution in [0.1, 0.15) is 25.0 Å². The van der Waals surface area contributed by atoms with Crippen LogP contribution in [0.2, 0.25) is 0 Å².